The third kappa shape index (κ3) is 11.6. The molecule has 0 aliphatic carbocycles. The summed E-state index contributed by atoms with van der Waals surface area (Å²) >= 11 is 0. The van der Waals surface area contributed by atoms with E-state index in [0.29, 0.717) is 17.7 Å². The molecule has 0 saturated carbocycles. The van der Waals surface area contributed by atoms with Gasteiger partial charge in [0.05, 0.1) is 45.0 Å². The number of halogens is 18. The fraction of sp³-hybridized carbons (Fsp3) is 0.191. The molecule has 0 spiro atoms. The van der Waals surface area contributed by atoms with Crippen molar-refractivity contribution >= 4 is 45.8 Å². The Morgan fingerprint density at radius 1 is 0.403 bits per heavy atom. The van der Waals surface area contributed by atoms with Gasteiger partial charge >= 0.3 is 37.1 Å². The highest BCUT2D eigenvalue weighted by molar-refractivity contribution is 6.06. The zero-order valence-corrected chi connectivity index (χ0v) is 36.1. The van der Waals surface area contributed by atoms with Crippen LogP contribution in [0.2, 0.25) is 0 Å². The summed E-state index contributed by atoms with van der Waals surface area (Å²) in [5.41, 5.74) is -21.5. The lowest BCUT2D eigenvalue weighted by molar-refractivity contribution is -0.288. The number of ketones is 1. The Labute approximate surface area is 393 Å². The molecule has 4 N–H and O–H groups in total. The highest BCUT2D eigenvalue weighted by Gasteiger charge is 2.72. The predicted molar refractivity (Wildman–Crippen MR) is 226 cm³/mol. The average Bonchev–Trinajstić information content (AvgIpc) is 3.26. The predicted octanol–water partition coefficient (Wildman–Crippen LogP) is 15.9. The first-order chi connectivity index (χ1) is 33.1. The maximum absolute atomic E-state index is 15.6. The number of hydrogen-bond donors (Lipinski definition) is 4. The van der Waals surface area contributed by atoms with Crippen molar-refractivity contribution in [2.24, 2.45) is 0 Å². The second-order valence-electron chi connectivity index (χ2n) is 15.5. The fourth-order valence-electron chi connectivity index (χ4n) is 7.19. The molecule has 25 heteroatoms. The Kier molecular flexibility index (Phi) is 14.3. The number of hydrogen-bond acceptors (Lipinski definition) is 6. The van der Waals surface area contributed by atoms with Gasteiger partial charge in [-0.15, -0.1) is 0 Å². The first-order valence-corrected chi connectivity index (χ1v) is 20.1. The number of carbonyl (C=O) groups is 2. The molecule has 0 unspecified atom stereocenters. The summed E-state index contributed by atoms with van der Waals surface area (Å²) in [6.45, 7) is 1.31. The third-order valence-corrected chi connectivity index (χ3v) is 10.6. The van der Waals surface area contributed by atoms with Crippen molar-refractivity contribution in [2.45, 2.75) is 49.4 Å². The van der Waals surface area contributed by atoms with Crippen LogP contribution in [0, 0.1) is 0 Å². The van der Waals surface area contributed by atoms with Crippen LogP contribution in [0.25, 0.3) is 0 Å². The molecule has 1 amide bonds. The van der Waals surface area contributed by atoms with Crippen molar-refractivity contribution in [3.63, 3.8) is 0 Å². The molecule has 0 atom stereocenters. The molecule has 6 aromatic carbocycles. The minimum Gasteiger partial charge on any atom is -0.457 e. The molecular formula is C47H30F18N4O3. The summed E-state index contributed by atoms with van der Waals surface area (Å²) in [5, 5.41) is 8.49. The topological polar surface area (TPSA) is 91.5 Å². The van der Waals surface area contributed by atoms with Crippen LogP contribution < -0.4 is 26.0 Å². The molecule has 6 rings (SSSR count). The molecule has 6 aromatic rings. The molecule has 0 saturated heterocycles. The van der Waals surface area contributed by atoms with Gasteiger partial charge in [0.1, 0.15) is 11.5 Å². The molecule has 7 nitrogen and oxygen atoms in total. The summed E-state index contributed by atoms with van der Waals surface area (Å²) in [4.78, 5) is 25.3. The molecule has 0 heterocycles. The van der Waals surface area contributed by atoms with Crippen LogP contribution >= 0.6 is 0 Å². The van der Waals surface area contributed by atoms with E-state index < -0.39 is 116 Å². The minimum atomic E-state index is -6.45. The number of amides is 1. The lowest BCUT2D eigenvalue weighted by atomic mass is 9.72. The molecule has 0 bridgehead atoms. The van der Waals surface area contributed by atoms with Crippen molar-refractivity contribution in [1.29, 1.82) is 0 Å². The SMILES string of the molecule is CNc1cc(C(c2ccc(Nc3cc(C(F)(F)F)cc(C(F)(F)F)c3)c(NC(=O)c3ccc(Oc4ccc(C(C)=O)cc4)cc3)c2)(C(F)(F)F)C(F)(F)F)ccc1Nc1cc(C(F)(F)F)cc(C(F)(F)F)c1. The van der Waals surface area contributed by atoms with E-state index in [4.69, 9.17) is 4.74 Å². The van der Waals surface area contributed by atoms with Crippen LogP contribution in [0.3, 0.4) is 0 Å². The van der Waals surface area contributed by atoms with Crippen LogP contribution in [0.4, 0.5) is 113 Å². The van der Waals surface area contributed by atoms with Crippen molar-refractivity contribution < 1.29 is 93.4 Å². The van der Waals surface area contributed by atoms with Crippen LogP contribution in [0.1, 0.15) is 61.0 Å². The van der Waals surface area contributed by atoms with Gasteiger partial charge < -0.3 is 26.0 Å². The van der Waals surface area contributed by atoms with Gasteiger partial charge in [0.25, 0.3) is 5.91 Å². The quantitative estimate of drug-likeness (QED) is 0.0721. The average molecular weight is 1040 g/mol. The molecule has 0 radical (unpaired) electrons. The van der Waals surface area contributed by atoms with Crippen LogP contribution in [-0.2, 0) is 30.1 Å². The first-order valence-electron chi connectivity index (χ1n) is 20.1. The molecule has 0 aliphatic heterocycles. The van der Waals surface area contributed by atoms with Crippen molar-refractivity contribution in [2.75, 3.05) is 28.3 Å². The van der Waals surface area contributed by atoms with E-state index in [-0.39, 0.29) is 83.5 Å². The van der Waals surface area contributed by atoms with Gasteiger partial charge in [0.2, 0.25) is 5.41 Å². The van der Waals surface area contributed by atoms with Gasteiger partial charge in [-0.2, -0.15) is 79.0 Å². The van der Waals surface area contributed by atoms with Crippen molar-refractivity contribution in [1.82, 2.24) is 0 Å². The standard InChI is InChI=1S/C47H30F18N4O3/c1-23(70)24-3-9-34(10-4-24)72-35-11-5-25(6-12-35)40(71)69-39-22-27(8-14-37(39)68-33-19-30(44(54,55)56)16-31(20-33)45(57,58)59)41(46(60,61)62,47(63,64)65)26-7-13-36(38(21-26)66-2)67-32-17-28(42(48,49)50)15-29(18-32)43(51,52)53/h3-22,66-68H,1-2H3,(H,69,71). The second kappa shape index (κ2) is 19.2. The Morgan fingerprint density at radius 2 is 0.750 bits per heavy atom. The van der Waals surface area contributed by atoms with E-state index in [1.165, 1.54) is 43.3 Å². The Hall–Kier alpha value is -7.60. The van der Waals surface area contributed by atoms with Gasteiger partial charge in [-0.05, 0) is 127 Å². The highest BCUT2D eigenvalue weighted by Crippen LogP contribution is 2.58. The normalized spacial score (nSPS) is 12.8. The zero-order chi connectivity index (χ0) is 53.6. The largest absolute Gasteiger partial charge is 0.457 e. The molecular weight excluding hydrogens is 1010 g/mol. The minimum absolute atomic E-state index is 0.0553. The number of alkyl halides is 18. The number of benzene rings is 6. The lowest BCUT2D eigenvalue weighted by Gasteiger charge is -2.39. The van der Waals surface area contributed by atoms with Crippen molar-refractivity contribution in [3.8, 4) is 11.5 Å². The number of ether oxygens (including phenoxy) is 1. The molecule has 72 heavy (non-hydrogen) atoms. The van der Waals surface area contributed by atoms with Gasteiger partial charge in [-0.3, -0.25) is 9.59 Å². The molecule has 0 fully saturated rings. The highest BCUT2D eigenvalue weighted by atomic mass is 19.4. The number of carbonyl (C=O) groups excluding carboxylic acids is 2. The zero-order valence-electron chi connectivity index (χ0n) is 36.1. The van der Waals surface area contributed by atoms with Gasteiger partial charge in [-0.1, -0.05) is 12.1 Å². The van der Waals surface area contributed by atoms with Gasteiger partial charge in [0, 0.05) is 29.5 Å². The number of Topliss-reactive ketones (excluding diaryl/α,β-unsaturated/α-hetero) is 1. The van der Waals surface area contributed by atoms with E-state index in [1.54, 1.807) is 0 Å². The number of nitrogens with one attached hydrogen (secondary N) is 4. The maximum Gasteiger partial charge on any atom is 0.416 e. The van der Waals surface area contributed by atoms with E-state index in [1.807, 2.05) is 5.32 Å². The van der Waals surface area contributed by atoms with E-state index in [2.05, 4.69) is 16.0 Å². The van der Waals surface area contributed by atoms with E-state index in [0.717, 1.165) is 19.2 Å². The number of anilines is 6. The summed E-state index contributed by atoms with van der Waals surface area (Å²) in [6, 6.07) is 11.8. The second-order valence-corrected chi connectivity index (χ2v) is 15.5. The molecule has 0 aromatic heterocycles. The summed E-state index contributed by atoms with van der Waals surface area (Å²) in [7, 11) is 0.929. The third-order valence-electron chi connectivity index (χ3n) is 10.6. The summed E-state index contributed by atoms with van der Waals surface area (Å²) in [6.07, 6.45) is -34.5. The smallest absolute Gasteiger partial charge is 0.416 e. The summed E-state index contributed by atoms with van der Waals surface area (Å²) in [5.74, 6) is -1.31. The van der Waals surface area contributed by atoms with Crippen LogP contribution in [0.5, 0.6) is 11.5 Å². The Morgan fingerprint density at radius 3 is 1.08 bits per heavy atom. The van der Waals surface area contributed by atoms with Gasteiger partial charge in [-0.25, -0.2) is 0 Å². The van der Waals surface area contributed by atoms with Gasteiger partial charge in [0.15, 0.2) is 5.78 Å². The Balaban J connectivity index is 1.49. The Bertz CT molecular complexity index is 2900. The van der Waals surface area contributed by atoms with Crippen LogP contribution in [0.15, 0.2) is 121 Å². The molecule has 382 valence electrons. The van der Waals surface area contributed by atoms with Crippen molar-refractivity contribution in [3.05, 3.63) is 166 Å². The lowest BCUT2D eigenvalue weighted by Crippen LogP contribution is -2.54. The summed E-state index contributed by atoms with van der Waals surface area (Å²) < 4.78 is 264. The molecule has 0 aliphatic rings. The first kappa shape index (κ1) is 53.7. The monoisotopic (exact) mass is 1040 g/mol. The maximum atomic E-state index is 15.6. The fourth-order valence-corrected chi connectivity index (χ4v) is 7.19. The van der Waals surface area contributed by atoms with Crippen LogP contribution in [-0.4, -0.2) is 31.1 Å². The van der Waals surface area contributed by atoms with E-state index >= 15 is 26.3 Å². The number of rotatable bonds is 12. The van der Waals surface area contributed by atoms with E-state index in [9.17, 15) is 62.3 Å².